The lowest BCUT2D eigenvalue weighted by Crippen LogP contribution is -2.06. The van der Waals surface area contributed by atoms with Gasteiger partial charge in [-0.1, -0.05) is 23.8 Å². The van der Waals surface area contributed by atoms with Gasteiger partial charge < -0.3 is 9.84 Å². The molecular formula is C16H19NO2. The lowest BCUT2D eigenvalue weighted by molar-refractivity contribution is 0.172. The second kappa shape index (κ2) is 5.85. The van der Waals surface area contributed by atoms with Gasteiger partial charge in [-0.05, 0) is 37.1 Å². The molecular weight excluding hydrogens is 238 g/mol. The Kier molecular flexibility index (Phi) is 4.17. The number of aliphatic hydroxyl groups excluding tert-OH is 1. The molecule has 0 saturated carbocycles. The SMILES string of the molecule is COc1ncccc1C(O)Cc1cc(C)ccc1C. The van der Waals surface area contributed by atoms with E-state index in [9.17, 15) is 5.11 Å². The Morgan fingerprint density at radius 3 is 2.79 bits per heavy atom. The summed E-state index contributed by atoms with van der Waals surface area (Å²) in [6, 6.07) is 9.93. The number of benzene rings is 1. The quantitative estimate of drug-likeness (QED) is 0.915. The molecule has 1 heterocycles. The van der Waals surface area contributed by atoms with Crippen molar-refractivity contribution < 1.29 is 9.84 Å². The second-order valence-electron chi connectivity index (χ2n) is 4.75. The zero-order valence-corrected chi connectivity index (χ0v) is 11.6. The minimum Gasteiger partial charge on any atom is -0.481 e. The van der Waals surface area contributed by atoms with Gasteiger partial charge in [0.25, 0.3) is 0 Å². The molecule has 3 heteroatoms. The van der Waals surface area contributed by atoms with E-state index < -0.39 is 6.10 Å². The summed E-state index contributed by atoms with van der Waals surface area (Å²) in [5.74, 6) is 0.486. The minimum atomic E-state index is -0.607. The number of aliphatic hydroxyl groups is 1. The molecule has 0 aliphatic heterocycles. The van der Waals surface area contributed by atoms with E-state index in [-0.39, 0.29) is 0 Å². The molecule has 0 bridgehead atoms. The van der Waals surface area contributed by atoms with Crippen molar-refractivity contribution in [2.75, 3.05) is 7.11 Å². The third kappa shape index (κ3) is 3.12. The fourth-order valence-electron chi connectivity index (χ4n) is 2.17. The van der Waals surface area contributed by atoms with Crippen LogP contribution in [0.2, 0.25) is 0 Å². The van der Waals surface area contributed by atoms with Gasteiger partial charge in [0.15, 0.2) is 0 Å². The van der Waals surface area contributed by atoms with Crippen LogP contribution < -0.4 is 4.74 Å². The summed E-state index contributed by atoms with van der Waals surface area (Å²) in [6.07, 6.45) is 1.62. The number of ether oxygens (including phenoxy) is 1. The van der Waals surface area contributed by atoms with Crippen molar-refractivity contribution in [3.8, 4) is 5.88 Å². The lowest BCUT2D eigenvalue weighted by atomic mass is 9.97. The molecule has 1 aromatic carbocycles. The maximum atomic E-state index is 10.4. The van der Waals surface area contributed by atoms with Crippen LogP contribution >= 0.6 is 0 Å². The second-order valence-corrected chi connectivity index (χ2v) is 4.75. The van der Waals surface area contributed by atoms with Crippen LogP contribution in [0.4, 0.5) is 0 Å². The average molecular weight is 257 g/mol. The van der Waals surface area contributed by atoms with Crippen LogP contribution in [0.5, 0.6) is 5.88 Å². The maximum Gasteiger partial charge on any atom is 0.218 e. The molecule has 3 nitrogen and oxygen atoms in total. The van der Waals surface area contributed by atoms with Gasteiger partial charge in [-0.3, -0.25) is 0 Å². The van der Waals surface area contributed by atoms with Crippen LogP contribution in [0.1, 0.15) is 28.4 Å². The van der Waals surface area contributed by atoms with Gasteiger partial charge in [0.05, 0.1) is 13.2 Å². The van der Waals surface area contributed by atoms with Crippen molar-refractivity contribution in [3.05, 3.63) is 58.8 Å². The van der Waals surface area contributed by atoms with Crippen molar-refractivity contribution in [3.63, 3.8) is 0 Å². The summed E-state index contributed by atoms with van der Waals surface area (Å²) in [5.41, 5.74) is 4.27. The van der Waals surface area contributed by atoms with E-state index in [1.54, 1.807) is 13.3 Å². The number of methoxy groups -OCH3 is 1. The monoisotopic (exact) mass is 257 g/mol. The van der Waals surface area contributed by atoms with Crippen molar-refractivity contribution in [1.82, 2.24) is 4.98 Å². The van der Waals surface area contributed by atoms with E-state index in [1.165, 1.54) is 11.1 Å². The van der Waals surface area contributed by atoms with Crippen LogP contribution in [0.15, 0.2) is 36.5 Å². The van der Waals surface area contributed by atoms with Crippen molar-refractivity contribution in [1.29, 1.82) is 0 Å². The summed E-state index contributed by atoms with van der Waals surface area (Å²) in [5, 5.41) is 10.4. The van der Waals surface area contributed by atoms with Gasteiger partial charge in [0, 0.05) is 18.2 Å². The molecule has 0 fully saturated rings. The first-order chi connectivity index (χ1) is 9.11. The summed E-state index contributed by atoms with van der Waals surface area (Å²) in [6.45, 7) is 4.11. The van der Waals surface area contributed by atoms with E-state index in [0.29, 0.717) is 12.3 Å². The molecule has 0 saturated heterocycles. The third-order valence-electron chi connectivity index (χ3n) is 3.27. The normalized spacial score (nSPS) is 12.2. The lowest BCUT2D eigenvalue weighted by Gasteiger charge is -2.15. The predicted octanol–water partition coefficient (Wildman–Crippen LogP) is 2.98. The van der Waals surface area contributed by atoms with E-state index in [2.05, 4.69) is 37.0 Å². The molecule has 2 aromatic rings. The molecule has 100 valence electrons. The van der Waals surface area contributed by atoms with Gasteiger partial charge in [-0.25, -0.2) is 4.98 Å². The highest BCUT2D eigenvalue weighted by Gasteiger charge is 2.15. The Morgan fingerprint density at radius 2 is 2.05 bits per heavy atom. The molecule has 2 rings (SSSR count). The van der Waals surface area contributed by atoms with Crippen LogP contribution in [-0.4, -0.2) is 17.2 Å². The summed E-state index contributed by atoms with van der Waals surface area (Å²) in [4.78, 5) is 4.12. The fraction of sp³-hybridized carbons (Fsp3) is 0.312. The van der Waals surface area contributed by atoms with Crippen LogP contribution in [0, 0.1) is 13.8 Å². The Hall–Kier alpha value is -1.87. The number of aryl methyl sites for hydroxylation is 2. The Labute approximate surface area is 113 Å². The fourth-order valence-corrected chi connectivity index (χ4v) is 2.17. The number of nitrogens with zero attached hydrogens (tertiary/aromatic N) is 1. The van der Waals surface area contributed by atoms with Crippen molar-refractivity contribution >= 4 is 0 Å². The molecule has 1 aromatic heterocycles. The van der Waals surface area contributed by atoms with Crippen LogP contribution in [-0.2, 0) is 6.42 Å². The first-order valence-electron chi connectivity index (χ1n) is 6.35. The third-order valence-corrected chi connectivity index (χ3v) is 3.27. The van der Waals surface area contributed by atoms with Gasteiger partial charge in [-0.2, -0.15) is 0 Å². The first-order valence-corrected chi connectivity index (χ1v) is 6.35. The largest absolute Gasteiger partial charge is 0.481 e. The smallest absolute Gasteiger partial charge is 0.218 e. The summed E-state index contributed by atoms with van der Waals surface area (Å²) in [7, 11) is 1.57. The van der Waals surface area contributed by atoms with Gasteiger partial charge in [0.1, 0.15) is 0 Å². The minimum absolute atomic E-state index is 0.486. The van der Waals surface area contributed by atoms with Crippen molar-refractivity contribution in [2.24, 2.45) is 0 Å². The zero-order chi connectivity index (χ0) is 13.8. The predicted molar refractivity (Wildman–Crippen MR) is 75.4 cm³/mol. The molecule has 19 heavy (non-hydrogen) atoms. The van der Waals surface area contributed by atoms with E-state index >= 15 is 0 Å². The zero-order valence-electron chi connectivity index (χ0n) is 11.6. The maximum absolute atomic E-state index is 10.4. The van der Waals surface area contributed by atoms with Gasteiger partial charge in [0.2, 0.25) is 5.88 Å². The molecule has 0 amide bonds. The molecule has 1 unspecified atom stereocenters. The number of pyridine rings is 1. The summed E-state index contributed by atoms with van der Waals surface area (Å²) >= 11 is 0. The van der Waals surface area contributed by atoms with E-state index in [1.807, 2.05) is 12.1 Å². The highest BCUT2D eigenvalue weighted by Crippen LogP contribution is 2.26. The average Bonchev–Trinajstić information content (AvgIpc) is 2.42. The van der Waals surface area contributed by atoms with E-state index in [0.717, 1.165) is 11.1 Å². The number of hydrogen-bond acceptors (Lipinski definition) is 3. The first kappa shape index (κ1) is 13.6. The molecule has 0 radical (unpaired) electrons. The Balaban J connectivity index is 2.25. The number of aromatic nitrogens is 1. The van der Waals surface area contributed by atoms with E-state index in [4.69, 9.17) is 4.74 Å². The molecule has 0 spiro atoms. The topological polar surface area (TPSA) is 42.4 Å². The highest BCUT2D eigenvalue weighted by atomic mass is 16.5. The highest BCUT2D eigenvalue weighted by molar-refractivity contribution is 5.34. The summed E-state index contributed by atoms with van der Waals surface area (Å²) < 4.78 is 5.19. The molecule has 1 atom stereocenters. The molecule has 0 aliphatic carbocycles. The van der Waals surface area contributed by atoms with Gasteiger partial charge >= 0.3 is 0 Å². The Bertz CT molecular complexity index is 566. The number of hydrogen-bond donors (Lipinski definition) is 1. The van der Waals surface area contributed by atoms with Gasteiger partial charge in [-0.15, -0.1) is 0 Å². The van der Waals surface area contributed by atoms with Crippen LogP contribution in [0.25, 0.3) is 0 Å². The Morgan fingerprint density at radius 1 is 1.26 bits per heavy atom. The van der Waals surface area contributed by atoms with Crippen LogP contribution in [0.3, 0.4) is 0 Å². The molecule has 1 N–H and O–H groups in total. The van der Waals surface area contributed by atoms with Crippen molar-refractivity contribution in [2.45, 2.75) is 26.4 Å². The number of rotatable bonds is 4. The molecule has 0 aliphatic rings. The standard InChI is InChI=1S/C16H19NO2/c1-11-6-7-12(2)13(9-11)10-15(18)14-5-4-8-17-16(14)19-3/h4-9,15,18H,10H2,1-3H3.